The summed E-state index contributed by atoms with van der Waals surface area (Å²) in [4.78, 5) is 72.7. The second kappa shape index (κ2) is 19.8. The maximum Gasteiger partial charge on any atom is 0.243 e. The van der Waals surface area contributed by atoms with E-state index in [0.29, 0.717) is 37.3 Å². The molecule has 1 aromatic carbocycles. The molecule has 0 saturated carbocycles. The third-order valence-corrected chi connectivity index (χ3v) is 9.12. The van der Waals surface area contributed by atoms with E-state index in [1.165, 1.54) is 6.33 Å². The molecule has 1 aromatic heterocycles. The van der Waals surface area contributed by atoms with Crippen LogP contribution < -0.4 is 26.6 Å². The third-order valence-electron chi connectivity index (χ3n) is 9.12. The van der Waals surface area contributed by atoms with Gasteiger partial charge in [-0.2, -0.15) is 0 Å². The Kier molecular flexibility index (Phi) is 15.9. The number of hydrogen-bond acceptors (Lipinski definition) is 7. The minimum absolute atomic E-state index is 0.0587. The normalized spacial score (nSPS) is 18.9. The Balaban J connectivity index is 1.66. The maximum atomic E-state index is 13.7. The topological polar surface area (TPSA) is 194 Å². The van der Waals surface area contributed by atoms with Crippen LogP contribution in [0.15, 0.2) is 42.9 Å². The maximum absolute atomic E-state index is 13.7. The minimum Gasteiger partial charge on any atom is -0.390 e. The molecule has 0 aliphatic carbocycles. The molecule has 1 saturated heterocycles. The summed E-state index contributed by atoms with van der Waals surface area (Å²) in [5.41, 5.74) is 1.58. The number of aromatic amines is 1. The van der Waals surface area contributed by atoms with Crippen molar-refractivity contribution >= 4 is 29.5 Å². The molecule has 2 aromatic rings. The Morgan fingerprint density at radius 3 is 2.30 bits per heavy atom. The van der Waals surface area contributed by atoms with Gasteiger partial charge in [-0.05, 0) is 42.6 Å². The SMILES string of the molecule is CC[C@H](C)[C@H](NC(=O)C[C@H](O)[C@H](CC(C)C)NC(=O)[C@H](Cc1c[nH]cn1)NC(=O)CCc1ccccc1)C(=O)N[C@H]1CC(=O)N[C@H]1CC(C)C. The summed E-state index contributed by atoms with van der Waals surface area (Å²) < 4.78 is 0. The molecule has 0 bridgehead atoms. The number of amides is 5. The van der Waals surface area contributed by atoms with E-state index in [2.05, 4.69) is 50.4 Å². The van der Waals surface area contributed by atoms with Crippen molar-refractivity contribution < 1.29 is 29.1 Å². The van der Waals surface area contributed by atoms with Gasteiger partial charge in [0.2, 0.25) is 29.5 Å². The van der Waals surface area contributed by atoms with Crippen LogP contribution in [0.4, 0.5) is 0 Å². The summed E-state index contributed by atoms with van der Waals surface area (Å²) in [6, 6.07) is 6.36. The van der Waals surface area contributed by atoms with Crippen LogP contribution in [-0.2, 0) is 36.8 Å². The molecule has 276 valence electrons. The van der Waals surface area contributed by atoms with Crippen LogP contribution in [0.1, 0.15) is 91.3 Å². The van der Waals surface area contributed by atoms with Crippen molar-refractivity contribution in [1.82, 2.24) is 36.6 Å². The van der Waals surface area contributed by atoms with E-state index >= 15 is 0 Å². The van der Waals surface area contributed by atoms with Gasteiger partial charge in [0.1, 0.15) is 12.1 Å². The van der Waals surface area contributed by atoms with Gasteiger partial charge in [-0.15, -0.1) is 0 Å². The van der Waals surface area contributed by atoms with E-state index in [4.69, 9.17) is 0 Å². The van der Waals surface area contributed by atoms with Gasteiger partial charge in [-0.3, -0.25) is 24.0 Å². The summed E-state index contributed by atoms with van der Waals surface area (Å²) in [5, 5.41) is 25.8. The lowest BCUT2D eigenvalue weighted by Crippen LogP contribution is -2.56. The smallest absolute Gasteiger partial charge is 0.243 e. The van der Waals surface area contributed by atoms with Crippen molar-refractivity contribution in [2.24, 2.45) is 17.8 Å². The Morgan fingerprint density at radius 2 is 1.68 bits per heavy atom. The summed E-state index contributed by atoms with van der Waals surface area (Å²) in [6.07, 6.45) is 4.21. The summed E-state index contributed by atoms with van der Waals surface area (Å²) in [7, 11) is 0. The summed E-state index contributed by atoms with van der Waals surface area (Å²) in [5.74, 6) is -1.68. The van der Waals surface area contributed by atoms with E-state index in [1.54, 1.807) is 6.20 Å². The molecule has 50 heavy (non-hydrogen) atoms. The number of benzene rings is 1. The third kappa shape index (κ3) is 13.2. The van der Waals surface area contributed by atoms with Gasteiger partial charge in [0.15, 0.2) is 0 Å². The number of imidazole rings is 1. The van der Waals surface area contributed by atoms with Gasteiger partial charge in [-0.25, -0.2) is 4.98 Å². The molecule has 0 radical (unpaired) electrons. The molecular formula is C37H57N7O6. The molecule has 3 rings (SSSR count). The first-order chi connectivity index (χ1) is 23.7. The van der Waals surface area contributed by atoms with Crippen molar-refractivity contribution in [3.8, 4) is 0 Å². The molecule has 2 heterocycles. The number of carbonyl (C=O) groups excluding carboxylic acids is 5. The van der Waals surface area contributed by atoms with Crippen molar-refractivity contribution in [2.75, 3.05) is 0 Å². The quantitative estimate of drug-likeness (QED) is 0.110. The molecular weight excluding hydrogens is 638 g/mol. The lowest BCUT2D eigenvalue weighted by atomic mass is 9.94. The van der Waals surface area contributed by atoms with Gasteiger partial charge in [0.05, 0.1) is 36.6 Å². The molecule has 0 unspecified atom stereocenters. The first kappa shape index (κ1) is 40.2. The molecule has 1 aliphatic heterocycles. The Morgan fingerprint density at radius 1 is 0.960 bits per heavy atom. The van der Waals surface area contributed by atoms with Gasteiger partial charge in [0.25, 0.3) is 0 Å². The Labute approximate surface area is 295 Å². The van der Waals surface area contributed by atoms with E-state index in [1.807, 2.05) is 58.0 Å². The highest BCUT2D eigenvalue weighted by atomic mass is 16.3. The van der Waals surface area contributed by atoms with E-state index < -0.39 is 36.0 Å². The van der Waals surface area contributed by atoms with Crippen LogP contribution in [0.5, 0.6) is 0 Å². The number of aliphatic hydroxyl groups is 1. The number of rotatable bonds is 20. The van der Waals surface area contributed by atoms with Gasteiger partial charge < -0.3 is 36.7 Å². The number of aryl methyl sites for hydroxylation is 1. The average Bonchev–Trinajstić information content (AvgIpc) is 3.70. The first-order valence-corrected chi connectivity index (χ1v) is 17.9. The largest absolute Gasteiger partial charge is 0.390 e. The highest BCUT2D eigenvalue weighted by Gasteiger charge is 2.37. The van der Waals surface area contributed by atoms with E-state index in [9.17, 15) is 29.1 Å². The predicted octanol–water partition coefficient (Wildman–Crippen LogP) is 2.30. The minimum atomic E-state index is -1.27. The second-order valence-electron chi connectivity index (χ2n) is 14.4. The second-order valence-corrected chi connectivity index (χ2v) is 14.4. The fraction of sp³-hybridized carbons (Fsp3) is 0.622. The molecule has 0 spiro atoms. The Hall–Kier alpha value is -4.26. The molecule has 1 aliphatic rings. The van der Waals surface area contributed by atoms with Crippen LogP contribution in [0.2, 0.25) is 0 Å². The number of aliphatic hydroxyl groups excluding tert-OH is 1. The number of nitrogens with zero attached hydrogens (tertiary/aromatic N) is 1. The predicted molar refractivity (Wildman–Crippen MR) is 190 cm³/mol. The molecule has 7 atom stereocenters. The lowest BCUT2D eigenvalue weighted by molar-refractivity contribution is -0.132. The summed E-state index contributed by atoms with van der Waals surface area (Å²) >= 11 is 0. The molecule has 13 nitrogen and oxygen atoms in total. The Bertz CT molecular complexity index is 1380. The van der Waals surface area contributed by atoms with Crippen LogP contribution in [0, 0.1) is 17.8 Å². The zero-order valence-electron chi connectivity index (χ0n) is 30.3. The number of hydrogen-bond donors (Lipinski definition) is 7. The van der Waals surface area contributed by atoms with E-state index in [-0.39, 0.29) is 67.3 Å². The zero-order valence-corrected chi connectivity index (χ0v) is 30.3. The lowest BCUT2D eigenvalue weighted by Gasteiger charge is -2.30. The van der Waals surface area contributed by atoms with E-state index in [0.717, 1.165) is 5.56 Å². The average molecular weight is 696 g/mol. The van der Waals surface area contributed by atoms with Gasteiger partial charge >= 0.3 is 0 Å². The first-order valence-electron chi connectivity index (χ1n) is 17.9. The fourth-order valence-corrected chi connectivity index (χ4v) is 6.22. The van der Waals surface area contributed by atoms with Crippen molar-refractivity contribution in [3.63, 3.8) is 0 Å². The van der Waals surface area contributed by atoms with Crippen LogP contribution >= 0.6 is 0 Å². The van der Waals surface area contributed by atoms with Crippen molar-refractivity contribution in [3.05, 3.63) is 54.1 Å². The number of H-pyrrole nitrogens is 1. The monoisotopic (exact) mass is 695 g/mol. The van der Waals surface area contributed by atoms with Crippen LogP contribution in [0.25, 0.3) is 0 Å². The van der Waals surface area contributed by atoms with Crippen LogP contribution in [-0.4, -0.2) is 80.9 Å². The zero-order chi connectivity index (χ0) is 36.8. The number of nitrogens with one attached hydrogen (secondary N) is 6. The molecule has 13 heteroatoms. The molecule has 7 N–H and O–H groups in total. The van der Waals surface area contributed by atoms with Crippen LogP contribution in [0.3, 0.4) is 0 Å². The highest BCUT2D eigenvalue weighted by Crippen LogP contribution is 2.18. The molecule has 5 amide bonds. The molecule has 1 fully saturated rings. The number of carbonyl (C=O) groups is 5. The van der Waals surface area contributed by atoms with Crippen molar-refractivity contribution in [2.45, 2.75) is 129 Å². The van der Waals surface area contributed by atoms with Gasteiger partial charge in [-0.1, -0.05) is 78.3 Å². The highest BCUT2D eigenvalue weighted by molar-refractivity contribution is 5.90. The fourth-order valence-electron chi connectivity index (χ4n) is 6.22. The van der Waals surface area contributed by atoms with Gasteiger partial charge in [0, 0.05) is 31.5 Å². The standard InChI is InChI=1S/C37H57N7O6/c1-7-24(6)35(37(50)42-28-18-33(47)40-27(28)15-22(2)3)44-34(48)19-31(45)29(16-23(4)5)43-36(49)30(17-26-20-38-21-39-26)41-32(46)14-13-25-11-9-8-10-12-25/h8-12,20-24,27-31,35,45H,7,13-19H2,1-6H3,(H,38,39)(H,40,47)(H,41,46)(H,42,50)(H,43,49)(H,44,48)/t24-,27-,28-,29-,30-,31-,35-/m0/s1. The number of aromatic nitrogens is 2. The summed E-state index contributed by atoms with van der Waals surface area (Å²) in [6.45, 7) is 11.8. The van der Waals surface area contributed by atoms with Crippen molar-refractivity contribution in [1.29, 1.82) is 0 Å².